The Hall–Kier alpha value is -0.770. The van der Waals surface area contributed by atoms with Crippen molar-refractivity contribution in [1.29, 1.82) is 0 Å². The molecule has 1 aromatic rings. The fraction of sp³-hybridized carbons (Fsp3) is 0.222. The van der Waals surface area contributed by atoms with E-state index in [1.54, 1.807) is 6.07 Å². The van der Waals surface area contributed by atoms with E-state index in [9.17, 15) is 4.79 Å². The summed E-state index contributed by atoms with van der Waals surface area (Å²) in [6.07, 6.45) is 0. The second kappa shape index (κ2) is 6.65. The molecule has 0 fully saturated rings. The normalized spacial score (nSPS) is 9.21. The van der Waals surface area contributed by atoms with Gasteiger partial charge in [0.2, 0.25) is 0 Å². The van der Waals surface area contributed by atoms with Crippen molar-refractivity contribution in [3.63, 3.8) is 0 Å². The molecule has 0 amide bonds. The van der Waals surface area contributed by atoms with Crippen LogP contribution in [0.4, 0.5) is 0 Å². The minimum Gasteiger partial charge on any atom is -0.480 e. The Labute approximate surface area is 93.5 Å². The Morgan fingerprint density at radius 1 is 1.43 bits per heavy atom. The molecule has 0 unspecified atom stereocenters. The Bertz CT molecular complexity index is 305. The van der Waals surface area contributed by atoms with Crippen molar-refractivity contribution in [2.75, 3.05) is 6.54 Å². The molecule has 0 bridgehead atoms. The van der Waals surface area contributed by atoms with Gasteiger partial charge in [-0.2, -0.15) is 0 Å². The molecule has 5 heteroatoms. The smallest absolute Gasteiger partial charge is 0.317 e. The van der Waals surface area contributed by atoms with Crippen LogP contribution >= 0.6 is 24.0 Å². The first-order chi connectivity index (χ1) is 6.20. The molecule has 0 aliphatic heterocycles. The standard InChI is InChI=1S/C9H10ClNO2.ClH/c10-8-4-2-1-3-7(8)5-11-6-9(12)13;/h1-4,11H,5-6H2,(H,12,13);1H. The second-order valence-corrected chi connectivity index (χ2v) is 3.00. The van der Waals surface area contributed by atoms with E-state index < -0.39 is 5.97 Å². The summed E-state index contributed by atoms with van der Waals surface area (Å²) >= 11 is 5.85. The molecule has 1 aromatic carbocycles. The van der Waals surface area contributed by atoms with Crippen LogP contribution in [0.2, 0.25) is 5.02 Å². The SMILES string of the molecule is Cl.O=C(O)CNCc1ccccc1Cl. The molecule has 0 aliphatic carbocycles. The minimum atomic E-state index is -0.868. The molecule has 0 saturated carbocycles. The lowest BCUT2D eigenvalue weighted by Gasteiger charge is -2.03. The summed E-state index contributed by atoms with van der Waals surface area (Å²) in [6, 6.07) is 7.34. The summed E-state index contributed by atoms with van der Waals surface area (Å²) in [5.41, 5.74) is 0.908. The summed E-state index contributed by atoms with van der Waals surface area (Å²) in [6.45, 7) is 0.428. The van der Waals surface area contributed by atoms with Gasteiger partial charge in [-0.1, -0.05) is 29.8 Å². The summed E-state index contributed by atoms with van der Waals surface area (Å²) in [4.78, 5) is 10.2. The van der Waals surface area contributed by atoms with Crippen molar-refractivity contribution in [2.24, 2.45) is 0 Å². The highest BCUT2D eigenvalue weighted by atomic mass is 35.5. The van der Waals surface area contributed by atoms with E-state index >= 15 is 0 Å². The maximum atomic E-state index is 10.2. The predicted octanol–water partition coefficient (Wildman–Crippen LogP) is 1.94. The van der Waals surface area contributed by atoms with Crippen molar-refractivity contribution < 1.29 is 9.90 Å². The fourth-order valence-electron chi connectivity index (χ4n) is 0.946. The summed E-state index contributed by atoms with van der Waals surface area (Å²) in [5.74, 6) is -0.868. The monoisotopic (exact) mass is 235 g/mol. The number of carboxylic acids is 1. The Kier molecular flexibility index (Phi) is 6.28. The van der Waals surface area contributed by atoms with Crippen molar-refractivity contribution in [1.82, 2.24) is 5.32 Å². The molecule has 0 aliphatic rings. The Morgan fingerprint density at radius 3 is 2.64 bits per heavy atom. The third-order valence-corrected chi connectivity index (χ3v) is 1.92. The van der Waals surface area contributed by atoms with Crippen LogP contribution in [0.5, 0.6) is 0 Å². The largest absolute Gasteiger partial charge is 0.480 e. The summed E-state index contributed by atoms with van der Waals surface area (Å²) < 4.78 is 0. The van der Waals surface area contributed by atoms with Crippen LogP contribution in [0.25, 0.3) is 0 Å². The molecule has 3 nitrogen and oxygen atoms in total. The van der Waals surface area contributed by atoms with Crippen molar-refractivity contribution in [3.05, 3.63) is 34.9 Å². The Morgan fingerprint density at radius 2 is 2.07 bits per heavy atom. The van der Waals surface area contributed by atoms with E-state index in [-0.39, 0.29) is 19.0 Å². The number of hydrogen-bond donors (Lipinski definition) is 2. The third-order valence-electron chi connectivity index (χ3n) is 1.55. The molecule has 0 radical (unpaired) electrons. The van der Waals surface area contributed by atoms with Gasteiger partial charge in [0.15, 0.2) is 0 Å². The van der Waals surface area contributed by atoms with E-state index in [2.05, 4.69) is 5.32 Å². The van der Waals surface area contributed by atoms with Crippen molar-refractivity contribution in [2.45, 2.75) is 6.54 Å². The van der Waals surface area contributed by atoms with Gasteiger partial charge in [0.25, 0.3) is 0 Å². The average Bonchev–Trinajstić information content (AvgIpc) is 2.08. The molecule has 78 valence electrons. The first-order valence-electron chi connectivity index (χ1n) is 3.86. The quantitative estimate of drug-likeness (QED) is 0.839. The van der Waals surface area contributed by atoms with E-state index in [1.165, 1.54) is 0 Å². The van der Waals surface area contributed by atoms with E-state index in [4.69, 9.17) is 16.7 Å². The highest BCUT2D eigenvalue weighted by molar-refractivity contribution is 6.31. The molecule has 0 saturated heterocycles. The lowest BCUT2D eigenvalue weighted by molar-refractivity contribution is -0.135. The van der Waals surface area contributed by atoms with E-state index in [0.29, 0.717) is 11.6 Å². The average molecular weight is 236 g/mol. The second-order valence-electron chi connectivity index (χ2n) is 2.59. The number of carbonyl (C=O) groups is 1. The summed E-state index contributed by atoms with van der Waals surface area (Å²) in [5, 5.41) is 11.8. The highest BCUT2D eigenvalue weighted by Gasteiger charge is 1.99. The third kappa shape index (κ3) is 4.46. The minimum absolute atomic E-state index is 0. The number of carboxylic acid groups (broad SMARTS) is 1. The van der Waals surface area contributed by atoms with Crippen LogP contribution in [0, 0.1) is 0 Å². The van der Waals surface area contributed by atoms with Crippen LogP contribution in [0.1, 0.15) is 5.56 Å². The maximum absolute atomic E-state index is 10.2. The van der Waals surface area contributed by atoms with Gasteiger partial charge >= 0.3 is 5.97 Å². The number of aliphatic carboxylic acids is 1. The zero-order valence-corrected chi connectivity index (χ0v) is 8.94. The van der Waals surface area contributed by atoms with Gasteiger partial charge in [0, 0.05) is 11.6 Å². The molecule has 14 heavy (non-hydrogen) atoms. The fourth-order valence-corrected chi connectivity index (χ4v) is 1.15. The molecule has 0 aromatic heterocycles. The van der Waals surface area contributed by atoms with Gasteiger partial charge in [-0.3, -0.25) is 4.79 Å². The number of benzene rings is 1. The highest BCUT2D eigenvalue weighted by Crippen LogP contribution is 2.13. The molecule has 2 N–H and O–H groups in total. The lowest BCUT2D eigenvalue weighted by Crippen LogP contribution is -2.21. The van der Waals surface area contributed by atoms with Crippen LogP contribution in [0.3, 0.4) is 0 Å². The van der Waals surface area contributed by atoms with Gasteiger partial charge in [0.1, 0.15) is 0 Å². The van der Waals surface area contributed by atoms with Crippen molar-refractivity contribution in [3.8, 4) is 0 Å². The van der Waals surface area contributed by atoms with Gasteiger partial charge in [-0.05, 0) is 11.6 Å². The molecular formula is C9H11Cl2NO2. The predicted molar refractivity (Wildman–Crippen MR) is 58.0 cm³/mol. The molecule has 0 spiro atoms. The maximum Gasteiger partial charge on any atom is 0.317 e. The lowest BCUT2D eigenvalue weighted by atomic mass is 10.2. The topological polar surface area (TPSA) is 49.3 Å². The van der Waals surface area contributed by atoms with Gasteiger partial charge < -0.3 is 10.4 Å². The van der Waals surface area contributed by atoms with Crippen LogP contribution < -0.4 is 5.32 Å². The molecular weight excluding hydrogens is 225 g/mol. The van der Waals surface area contributed by atoms with E-state index in [0.717, 1.165) is 5.56 Å². The number of hydrogen-bond acceptors (Lipinski definition) is 2. The van der Waals surface area contributed by atoms with Crippen LogP contribution in [-0.2, 0) is 11.3 Å². The van der Waals surface area contributed by atoms with Gasteiger partial charge in [0.05, 0.1) is 6.54 Å². The Balaban J connectivity index is 0.00000169. The van der Waals surface area contributed by atoms with E-state index in [1.807, 2.05) is 18.2 Å². The van der Waals surface area contributed by atoms with Crippen LogP contribution in [0.15, 0.2) is 24.3 Å². The summed E-state index contributed by atoms with van der Waals surface area (Å²) in [7, 11) is 0. The first kappa shape index (κ1) is 13.2. The number of nitrogens with one attached hydrogen (secondary N) is 1. The molecule has 0 heterocycles. The zero-order chi connectivity index (χ0) is 9.68. The first-order valence-corrected chi connectivity index (χ1v) is 4.24. The molecule has 0 atom stereocenters. The zero-order valence-electron chi connectivity index (χ0n) is 7.37. The van der Waals surface area contributed by atoms with Crippen molar-refractivity contribution >= 4 is 30.0 Å². The molecule has 1 rings (SSSR count). The van der Waals surface area contributed by atoms with Crippen LogP contribution in [-0.4, -0.2) is 17.6 Å². The number of halogens is 2. The van der Waals surface area contributed by atoms with Gasteiger partial charge in [-0.25, -0.2) is 0 Å². The number of rotatable bonds is 4. The van der Waals surface area contributed by atoms with Gasteiger partial charge in [-0.15, -0.1) is 12.4 Å².